The van der Waals surface area contributed by atoms with Gasteiger partial charge in [-0.15, -0.1) is 0 Å². The van der Waals surface area contributed by atoms with Crippen LogP contribution < -0.4 is 0 Å². The van der Waals surface area contributed by atoms with Crippen LogP contribution in [0.5, 0.6) is 0 Å². The maximum Gasteiger partial charge on any atom is 0.223 e. The summed E-state index contributed by atoms with van der Waals surface area (Å²) in [7, 11) is 0. The Morgan fingerprint density at radius 1 is 1.10 bits per heavy atom. The van der Waals surface area contributed by atoms with Crippen LogP contribution in [0.3, 0.4) is 0 Å². The number of aryl methyl sites for hydroxylation is 2. The molecule has 30 heavy (non-hydrogen) atoms. The lowest BCUT2D eigenvalue weighted by atomic mass is 10.0. The molecule has 5 rings (SSSR count). The lowest BCUT2D eigenvalue weighted by molar-refractivity contribution is -0.132. The smallest absolute Gasteiger partial charge is 0.223 e. The van der Waals surface area contributed by atoms with Crippen molar-refractivity contribution in [3.05, 3.63) is 65.1 Å². The average Bonchev–Trinajstić information content (AvgIpc) is 3.49. The number of benzene rings is 1. The SMILES string of the molecule is Cc1ccc(-n2nc3c(c2-n2cccc2)CN(C(=O)CCC2CCCC2)C3)c(C)c1. The number of aromatic nitrogens is 3. The summed E-state index contributed by atoms with van der Waals surface area (Å²) in [5.74, 6) is 2.08. The number of hydrogen-bond acceptors (Lipinski definition) is 2. The van der Waals surface area contributed by atoms with Crippen molar-refractivity contribution in [3.63, 3.8) is 0 Å². The normalized spacial score (nSPS) is 16.4. The van der Waals surface area contributed by atoms with Gasteiger partial charge in [0, 0.05) is 24.4 Å². The predicted octanol–water partition coefficient (Wildman–Crippen LogP) is 5.09. The van der Waals surface area contributed by atoms with Gasteiger partial charge in [-0.3, -0.25) is 4.79 Å². The fraction of sp³-hybridized carbons (Fsp3) is 0.440. The second-order valence-electron chi connectivity index (χ2n) is 8.98. The number of fused-ring (bicyclic) bond motifs is 1. The molecule has 0 spiro atoms. The minimum atomic E-state index is 0.274. The highest BCUT2D eigenvalue weighted by molar-refractivity contribution is 5.77. The molecule has 2 aliphatic rings. The number of amides is 1. The molecule has 0 bridgehead atoms. The molecule has 5 heteroatoms. The van der Waals surface area contributed by atoms with Gasteiger partial charge in [0.05, 0.1) is 24.5 Å². The van der Waals surface area contributed by atoms with Crippen LogP contribution in [0.4, 0.5) is 0 Å². The van der Waals surface area contributed by atoms with Crippen molar-refractivity contribution in [1.29, 1.82) is 0 Å². The molecule has 5 nitrogen and oxygen atoms in total. The molecule has 1 fully saturated rings. The van der Waals surface area contributed by atoms with E-state index in [1.807, 2.05) is 17.0 Å². The molecular weight excluding hydrogens is 372 g/mol. The minimum Gasteiger partial charge on any atom is -0.332 e. The van der Waals surface area contributed by atoms with Crippen molar-refractivity contribution in [3.8, 4) is 11.5 Å². The van der Waals surface area contributed by atoms with E-state index in [0.29, 0.717) is 19.5 Å². The third kappa shape index (κ3) is 3.47. The lowest BCUT2D eigenvalue weighted by Gasteiger charge is -2.19. The second kappa shape index (κ2) is 7.78. The maximum atomic E-state index is 12.9. The van der Waals surface area contributed by atoms with E-state index in [1.165, 1.54) is 42.4 Å². The van der Waals surface area contributed by atoms with Gasteiger partial charge in [-0.05, 0) is 49.9 Å². The lowest BCUT2D eigenvalue weighted by Crippen LogP contribution is -2.26. The Bertz CT molecular complexity index is 1060. The summed E-state index contributed by atoms with van der Waals surface area (Å²) in [4.78, 5) is 14.9. The van der Waals surface area contributed by atoms with Gasteiger partial charge < -0.3 is 9.47 Å². The van der Waals surface area contributed by atoms with E-state index in [0.717, 1.165) is 29.5 Å². The first kappa shape index (κ1) is 19.2. The standard InChI is InChI=1S/C25H30N4O/c1-18-9-11-23(19(2)15-18)29-25(27-13-5-6-14-27)21-16-28(17-22(21)26-29)24(30)12-10-20-7-3-4-8-20/h5-6,9,11,13-15,20H,3-4,7-8,10,12,16-17H2,1-2H3. The van der Waals surface area contributed by atoms with Crippen LogP contribution in [0, 0.1) is 19.8 Å². The highest BCUT2D eigenvalue weighted by atomic mass is 16.2. The molecule has 0 N–H and O–H groups in total. The van der Waals surface area contributed by atoms with Crippen LogP contribution in [0.15, 0.2) is 42.7 Å². The monoisotopic (exact) mass is 402 g/mol. The van der Waals surface area contributed by atoms with Crippen molar-refractivity contribution >= 4 is 5.91 Å². The molecule has 0 saturated heterocycles. The third-order valence-corrected chi connectivity index (χ3v) is 6.75. The fourth-order valence-corrected chi connectivity index (χ4v) is 5.11. The van der Waals surface area contributed by atoms with Crippen LogP contribution in [-0.4, -0.2) is 25.2 Å². The molecule has 1 aromatic carbocycles. The molecule has 156 valence electrons. The van der Waals surface area contributed by atoms with Crippen molar-refractivity contribution < 1.29 is 4.79 Å². The maximum absolute atomic E-state index is 12.9. The molecule has 1 aliphatic heterocycles. The first-order chi connectivity index (χ1) is 14.6. The quantitative estimate of drug-likeness (QED) is 0.596. The van der Waals surface area contributed by atoms with Gasteiger partial charge in [0.2, 0.25) is 5.91 Å². The predicted molar refractivity (Wildman–Crippen MR) is 118 cm³/mol. The van der Waals surface area contributed by atoms with Crippen molar-refractivity contribution in [2.24, 2.45) is 5.92 Å². The minimum absolute atomic E-state index is 0.274. The molecule has 1 saturated carbocycles. The summed E-state index contributed by atoms with van der Waals surface area (Å²) < 4.78 is 4.18. The highest BCUT2D eigenvalue weighted by Gasteiger charge is 2.31. The fourth-order valence-electron chi connectivity index (χ4n) is 5.11. The average molecular weight is 403 g/mol. The summed E-state index contributed by atoms with van der Waals surface area (Å²) in [6, 6.07) is 10.5. The zero-order valence-corrected chi connectivity index (χ0v) is 18.0. The Morgan fingerprint density at radius 2 is 1.87 bits per heavy atom. The molecule has 1 amide bonds. The number of carbonyl (C=O) groups is 1. The van der Waals surface area contributed by atoms with Gasteiger partial charge in [0.1, 0.15) is 5.82 Å². The van der Waals surface area contributed by atoms with E-state index in [-0.39, 0.29) is 5.91 Å². The Hall–Kier alpha value is -2.82. The van der Waals surface area contributed by atoms with Crippen molar-refractivity contribution in [2.45, 2.75) is 65.5 Å². The van der Waals surface area contributed by atoms with E-state index in [1.54, 1.807) is 0 Å². The number of carbonyl (C=O) groups excluding carboxylic acids is 1. The van der Waals surface area contributed by atoms with Gasteiger partial charge in [0.15, 0.2) is 0 Å². The second-order valence-corrected chi connectivity index (χ2v) is 8.98. The van der Waals surface area contributed by atoms with Crippen molar-refractivity contribution in [1.82, 2.24) is 19.2 Å². The van der Waals surface area contributed by atoms with E-state index >= 15 is 0 Å². The molecule has 1 aliphatic carbocycles. The van der Waals surface area contributed by atoms with Crippen LogP contribution in [0.2, 0.25) is 0 Å². The summed E-state index contributed by atoms with van der Waals surface area (Å²) in [5, 5.41) is 4.98. The van der Waals surface area contributed by atoms with E-state index in [4.69, 9.17) is 5.10 Å². The van der Waals surface area contributed by atoms with Crippen LogP contribution in [0.25, 0.3) is 11.5 Å². The molecule has 3 aromatic rings. The summed E-state index contributed by atoms with van der Waals surface area (Å²) in [6.07, 6.45) is 11.1. The van der Waals surface area contributed by atoms with Gasteiger partial charge in [0.25, 0.3) is 0 Å². The molecule has 0 atom stereocenters. The zero-order valence-electron chi connectivity index (χ0n) is 18.0. The Labute approximate surface area is 178 Å². The largest absolute Gasteiger partial charge is 0.332 e. The van der Waals surface area contributed by atoms with Gasteiger partial charge in [-0.2, -0.15) is 5.10 Å². The molecule has 2 aromatic heterocycles. The Balaban J connectivity index is 1.43. The highest BCUT2D eigenvalue weighted by Crippen LogP contribution is 2.33. The van der Waals surface area contributed by atoms with Gasteiger partial charge >= 0.3 is 0 Å². The molecule has 0 radical (unpaired) electrons. The van der Waals surface area contributed by atoms with E-state index in [2.05, 4.69) is 53.7 Å². The Kier molecular flexibility index (Phi) is 4.97. The first-order valence-corrected chi connectivity index (χ1v) is 11.2. The van der Waals surface area contributed by atoms with Gasteiger partial charge in [-0.1, -0.05) is 43.4 Å². The van der Waals surface area contributed by atoms with Crippen molar-refractivity contribution in [2.75, 3.05) is 0 Å². The van der Waals surface area contributed by atoms with E-state index in [9.17, 15) is 4.79 Å². The van der Waals surface area contributed by atoms with Crippen LogP contribution in [0.1, 0.15) is 60.9 Å². The number of rotatable bonds is 5. The van der Waals surface area contributed by atoms with Crippen LogP contribution in [-0.2, 0) is 17.9 Å². The number of nitrogens with zero attached hydrogens (tertiary/aromatic N) is 4. The molecular formula is C25H30N4O. The third-order valence-electron chi connectivity index (χ3n) is 6.75. The topological polar surface area (TPSA) is 43.1 Å². The summed E-state index contributed by atoms with van der Waals surface area (Å²) in [5.41, 5.74) is 5.73. The van der Waals surface area contributed by atoms with Crippen LogP contribution >= 0.6 is 0 Å². The molecule has 3 heterocycles. The summed E-state index contributed by atoms with van der Waals surface area (Å²) >= 11 is 0. The van der Waals surface area contributed by atoms with E-state index < -0.39 is 0 Å². The number of hydrogen-bond donors (Lipinski definition) is 0. The first-order valence-electron chi connectivity index (χ1n) is 11.2. The molecule has 0 unspecified atom stereocenters. The zero-order chi connectivity index (χ0) is 20.7. The Morgan fingerprint density at radius 3 is 2.60 bits per heavy atom. The van der Waals surface area contributed by atoms with Gasteiger partial charge in [-0.25, -0.2) is 4.68 Å². The summed E-state index contributed by atoms with van der Waals surface area (Å²) in [6.45, 7) is 5.51.